The number of methoxy groups -OCH3 is 1. The molecule has 0 spiro atoms. The highest BCUT2D eigenvalue weighted by Crippen LogP contribution is 2.15. The minimum atomic E-state index is 0.384. The van der Waals surface area contributed by atoms with E-state index in [0.717, 1.165) is 19.4 Å². The molecule has 2 unspecified atom stereocenters. The summed E-state index contributed by atoms with van der Waals surface area (Å²) < 4.78 is 5.43. The summed E-state index contributed by atoms with van der Waals surface area (Å²) in [4.78, 5) is 0. The van der Waals surface area contributed by atoms with Gasteiger partial charge in [-0.2, -0.15) is 0 Å². The topological polar surface area (TPSA) is 21.3 Å². The summed E-state index contributed by atoms with van der Waals surface area (Å²) in [7, 11) is 1.80. The molecule has 2 atom stereocenters. The molecule has 1 aromatic rings. The highest BCUT2D eigenvalue weighted by atomic mass is 16.5. The lowest BCUT2D eigenvalue weighted by Gasteiger charge is -2.17. The van der Waals surface area contributed by atoms with Crippen molar-refractivity contribution in [3.05, 3.63) is 35.9 Å². The third-order valence-corrected chi connectivity index (χ3v) is 2.89. The fourth-order valence-corrected chi connectivity index (χ4v) is 2.10. The van der Waals surface area contributed by atoms with E-state index in [1.807, 2.05) is 0 Å². The third kappa shape index (κ3) is 2.14. The van der Waals surface area contributed by atoms with E-state index in [1.165, 1.54) is 5.56 Å². The minimum absolute atomic E-state index is 0.384. The van der Waals surface area contributed by atoms with Gasteiger partial charge in [-0.25, -0.2) is 0 Å². The predicted octanol–water partition coefficient (Wildman–Crippen LogP) is 1.61. The lowest BCUT2D eigenvalue weighted by molar-refractivity contribution is 0.0920. The predicted molar refractivity (Wildman–Crippen MR) is 57.4 cm³/mol. The molecule has 1 aliphatic rings. The SMILES string of the molecule is COC1CCNC1Cc1ccccc1. The van der Waals surface area contributed by atoms with Crippen LogP contribution in [0.15, 0.2) is 30.3 Å². The molecule has 0 saturated carbocycles. The molecule has 2 rings (SSSR count). The number of hydrogen-bond donors (Lipinski definition) is 1. The van der Waals surface area contributed by atoms with Crippen LogP contribution in [0.5, 0.6) is 0 Å². The van der Waals surface area contributed by atoms with Crippen molar-refractivity contribution in [3.8, 4) is 0 Å². The van der Waals surface area contributed by atoms with E-state index in [1.54, 1.807) is 7.11 Å². The zero-order chi connectivity index (χ0) is 9.80. The highest BCUT2D eigenvalue weighted by Gasteiger charge is 2.26. The summed E-state index contributed by atoms with van der Waals surface area (Å²) in [6, 6.07) is 11.1. The van der Waals surface area contributed by atoms with E-state index in [2.05, 4.69) is 35.6 Å². The molecule has 1 fully saturated rings. The summed E-state index contributed by atoms with van der Waals surface area (Å²) in [6.45, 7) is 1.08. The fourth-order valence-electron chi connectivity index (χ4n) is 2.10. The average molecular weight is 191 g/mol. The molecule has 0 radical (unpaired) electrons. The van der Waals surface area contributed by atoms with Gasteiger partial charge in [0.25, 0.3) is 0 Å². The first-order valence-corrected chi connectivity index (χ1v) is 5.20. The summed E-state index contributed by atoms with van der Waals surface area (Å²) in [5.41, 5.74) is 1.38. The largest absolute Gasteiger partial charge is 0.380 e. The summed E-state index contributed by atoms with van der Waals surface area (Å²) in [5.74, 6) is 0. The van der Waals surface area contributed by atoms with Crippen LogP contribution in [0.3, 0.4) is 0 Å². The van der Waals surface area contributed by atoms with Gasteiger partial charge in [-0.15, -0.1) is 0 Å². The number of ether oxygens (including phenoxy) is 1. The minimum Gasteiger partial charge on any atom is -0.380 e. The second-order valence-electron chi connectivity index (χ2n) is 3.81. The van der Waals surface area contributed by atoms with Gasteiger partial charge in [0.05, 0.1) is 6.10 Å². The Morgan fingerprint density at radius 2 is 2.14 bits per heavy atom. The summed E-state index contributed by atoms with van der Waals surface area (Å²) in [5, 5.41) is 3.48. The van der Waals surface area contributed by atoms with Crippen LogP contribution in [0.4, 0.5) is 0 Å². The van der Waals surface area contributed by atoms with Crippen molar-refractivity contribution in [3.63, 3.8) is 0 Å². The second-order valence-corrected chi connectivity index (χ2v) is 3.81. The Balaban J connectivity index is 1.97. The molecule has 1 N–H and O–H groups in total. The van der Waals surface area contributed by atoms with E-state index in [-0.39, 0.29) is 0 Å². The van der Waals surface area contributed by atoms with Crippen LogP contribution in [0.2, 0.25) is 0 Å². The van der Waals surface area contributed by atoms with Crippen LogP contribution in [0, 0.1) is 0 Å². The van der Waals surface area contributed by atoms with Crippen molar-refractivity contribution in [1.29, 1.82) is 0 Å². The van der Waals surface area contributed by atoms with E-state index >= 15 is 0 Å². The second kappa shape index (κ2) is 4.58. The Hall–Kier alpha value is -0.860. The number of hydrogen-bond acceptors (Lipinski definition) is 2. The van der Waals surface area contributed by atoms with Crippen LogP contribution in [0.25, 0.3) is 0 Å². The first kappa shape index (κ1) is 9.69. The maximum atomic E-state index is 5.43. The van der Waals surface area contributed by atoms with E-state index in [9.17, 15) is 0 Å². The van der Waals surface area contributed by atoms with Gasteiger partial charge in [0, 0.05) is 13.2 Å². The van der Waals surface area contributed by atoms with E-state index in [0.29, 0.717) is 12.1 Å². The quantitative estimate of drug-likeness (QED) is 0.783. The summed E-state index contributed by atoms with van der Waals surface area (Å²) >= 11 is 0. The molecule has 0 bridgehead atoms. The van der Waals surface area contributed by atoms with Crippen molar-refractivity contribution >= 4 is 0 Å². The van der Waals surface area contributed by atoms with Gasteiger partial charge in [0.15, 0.2) is 0 Å². The van der Waals surface area contributed by atoms with Gasteiger partial charge in [-0.05, 0) is 24.9 Å². The van der Waals surface area contributed by atoms with Crippen molar-refractivity contribution in [2.45, 2.75) is 25.0 Å². The van der Waals surface area contributed by atoms with Crippen molar-refractivity contribution < 1.29 is 4.74 Å². The van der Waals surface area contributed by atoms with Gasteiger partial charge < -0.3 is 10.1 Å². The Morgan fingerprint density at radius 1 is 1.36 bits per heavy atom. The normalized spacial score (nSPS) is 26.6. The van der Waals surface area contributed by atoms with Gasteiger partial charge in [-0.1, -0.05) is 30.3 Å². The molecule has 1 saturated heterocycles. The van der Waals surface area contributed by atoms with E-state index < -0.39 is 0 Å². The van der Waals surface area contributed by atoms with Crippen molar-refractivity contribution in [2.75, 3.05) is 13.7 Å². The molecule has 14 heavy (non-hydrogen) atoms. The van der Waals surface area contributed by atoms with E-state index in [4.69, 9.17) is 4.74 Å². The molecule has 1 heterocycles. The van der Waals surface area contributed by atoms with Gasteiger partial charge >= 0.3 is 0 Å². The fraction of sp³-hybridized carbons (Fsp3) is 0.500. The average Bonchev–Trinajstić information content (AvgIpc) is 2.67. The molecule has 0 aliphatic carbocycles. The first-order valence-electron chi connectivity index (χ1n) is 5.20. The zero-order valence-corrected chi connectivity index (χ0v) is 8.57. The molecule has 76 valence electrons. The van der Waals surface area contributed by atoms with Crippen LogP contribution in [0.1, 0.15) is 12.0 Å². The molecule has 2 heteroatoms. The van der Waals surface area contributed by atoms with Crippen molar-refractivity contribution in [2.24, 2.45) is 0 Å². The maximum Gasteiger partial charge on any atom is 0.0739 e. The lowest BCUT2D eigenvalue weighted by Crippen LogP contribution is -2.33. The zero-order valence-electron chi connectivity index (χ0n) is 8.57. The van der Waals surface area contributed by atoms with Crippen molar-refractivity contribution in [1.82, 2.24) is 5.32 Å². The Kier molecular flexibility index (Phi) is 3.17. The molecular formula is C12H17NO. The monoisotopic (exact) mass is 191 g/mol. The van der Waals surface area contributed by atoms with Crippen LogP contribution in [-0.2, 0) is 11.2 Å². The Morgan fingerprint density at radius 3 is 2.86 bits per heavy atom. The van der Waals surface area contributed by atoms with Crippen LogP contribution < -0.4 is 5.32 Å². The molecular weight excluding hydrogens is 174 g/mol. The molecule has 0 amide bonds. The lowest BCUT2D eigenvalue weighted by atomic mass is 10.0. The van der Waals surface area contributed by atoms with Gasteiger partial charge in [0.2, 0.25) is 0 Å². The van der Waals surface area contributed by atoms with Gasteiger partial charge in [-0.3, -0.25) is 0 Å². The Bertz CT molecular complexity index is 273. The molecule has 1 aromatic carbocycles. The molecule has 2 nitrogen and oxygen atoms in total. The molecule has 0 aromatic heterocycles. The highest BCUT2D eigenvalue weighted by molar-refractivity contribution is 5.16. The maximum absolute atomic E-state index is 5.43. The summed E-state index contributed by atoms with van der Waals surface area (Å²) in [6.07, 6.45) is 2.59. The number of rotatable bonds is 3. The standard InChI is InChI=1S/C12H17NO/c1-14-12-7-8-13-11(12)9-10-5-3-2-4-6-10/h2-6,11-13H,7-9H2,1H3. The molecule has 1 aliphatic heterocycles. The number of nitrogens with one attached hydrogen (secondary N) is 1. The third-order valence-electron chi connectivity index (χ3n) is 2.89. The number of benzene rings is 1. The first-order chi connectivity index (χ1) is 6.90. The van der Waals surface area contributed by atoms with Crippen LogP contribution in [-0.4, -0.2) is 25.8 Å². The van der Waals surface area contributed by atoms with Gasteiger partial charge in [0.1, 0.15) is 0 Å². The Labute approximate surface area is 85.3 Å². The smallest absolute Gasteiger partial charge is 0.0739 e. The van der Waals surface area contributed by atoms with Crippen LogP contribution >= 0.6 is 0 Å².